The Bertz CT molecular complexity index is 502. The van der Waals surface area contributed by atoms with Crippen LogP contribution in [0.2, 0.25) is 5.02 Å². The molecule has 0 aliphatic rings. The third-order valence-corrected chi connectivity index (χ3v) is 3.08. The zero-order chi connectivity index (χ0) is 11.0. The van der Waals surface area contributed by atoms with Gasteiger partial charge in [0.2, 0.25) is 0 Å². The van der Waals surface area contributed by atoms with Crippen molar-refractivity contribution in [1.82, 2.24) is 4.57 Å². The Hall–Kier alpha value is -1.19. The fraction of sp³-hybridized carbons (Fsp3) is 0.273. The predicted octanol–water partition coefficient (Wildman–Crippen LogP) is 1.92. The Morgan fingerprint density at radius 3 is 2.80 bits per heavy atom. The quantitative estimate of drug-likeness (QED) is 0.765. The third kappa shape index (κ3) is 1.58. The van der Waals surface area contributed by atoms with E-state index in [-0.39, 0.29) is 0 Å². The van der Waals surface area contributed by atoms with Gasteiger partial charge in [-0.1, -0.05) is 11.6 Å². The number of anilines is 1. The van der Waals surface area contributed by atoms with E-state index in [0.717, 1.165) is 33.7 Å². The highest BCUT2D eigenvalue weighted by Crippen LogP contribution is 2.31. The summed E-state index contributed by atoms with van der Waals surface area (Å²) in [6.07, 6.45) is 0.782. The molecule has 1 aromatic heterocycles. The molecule has 0 aliphatic carbocycles. The van der Waals surface area contributed by atoms with Gasteiger partial charge in [0.1, 0.15) is 0 Å². The lowest BCUT2D eigenvalue weighted by molar-refractivity contribution is 0.828. The summed E-state index contributed by atoms with van der Waals surface area (Å²) in [6.45, 7) is 0.597. The van der Waals surface area contributed by atoms with Gasteiger partial charge in [-0.25, -0.2) is 0 Å². The first-order valence-electron chi connectivity index (χ1n) is 4.87. The summed E-state index contributed by atoms with van der Waals surface area (Å²) in [5.41, 5.74) is 14.2. The molecule has 3 nitrogen and oxygen atoms in total. The van der Waals surface area contributed by atoms with Gasteiger partial charge in [-0.2, -0.15) is 0 Å². The highest BCUT2D eigenvalue weighted by atomic mass is 35.5. The van der Waals surface area contributed by atoms with Gasteiger partial charge in [0.05, 0.1) is 10.5 Å². The number of hydrogen-bond acceptors (Lipinski definition) is 2. The molecule has 2 aromatic rings. The molecule has 0 amide bonds. The van der Waals surface area contributed by atoms with Crippen molar-refractivity contribution in [2.45, 2.75) is 6.42 Å². The van der Waals surface area contributed by atoms with E-state index in [4.69, 9.17) is 23.1 Å². The zero-order valence-corrected chi connectivity index (χ0v) is 9.38. The lowest BCUT2D eigenvalue weighted by atomic mass is 10.2. The van der Waals surface area contributed by atoms with Crippen LogP contribution in [-0.2, 0) is 13.5 Å². The van der Waals surface area contributed by atoms with Crippen LogP contribution in [-0.4, -0.2) is 11.1 Å². The molecule has 0 saturated heterocycles. The summed E-state index contributed by atoms with van der Waals surface area (Å²) in [7, 11) is 1.98. The number of hydrogen-bond donors (Lipinski definition) is 2. The molecule has 0 unspecified atom stereocenters. The van der Waals surface area contributed by atoms with E-state index >= 15 is 0 Å². The fourth-order valence-electron chi connectivity index (χ4n) is 1.87. The number of aryl methyl sites for hydroxylation is 1. The molecule has 4 N–H and O–H groups in total. The molecule has 4 heteroatoms. The Kier molecular flexibility index (Phi) is 2.59. The van der Waals surface area contributed by atoms with Gasteiger partial charge in [0.15, 0.2) is 0 Å². The second-order valence-corrected chi connectivity index (χ2v) is 4.01. The number of rotatable bonds is 2. The number of fused-ring (bicyclic) bond motifs is 1. The maximum atomic E-state index is 6.28. The van der Waals surface area contributed by atoms with Crippen molar-refractivity contribution in [3.8, 4) is 0 Å². The van der Waals surface area contributed by atoms with Crippen LogP contribution in [0.25, 0.3) is 10.9 Å². The average molecular weight is 224 g/mol. The molecule has 15 heavy (non-hydrogen) atoms. The molecular formula is C11H14ClN3. The maximum Gasteiger partial charge on any atom is 0.0694 e. The summed E-state index contributed by atoms with van der Waals surface area (Å²) >= 11 is 6.28. The lowest BCUT2D eigenvalue weighted by Crippen LogP contribution is -2.06. The number of nitrogen functional groups attached to an aromatic ring is 1. The summed E-state index contributed by atoms with van der Waals surface area (Å²) < 4.78 is 2.06. The summed E-state index contributed by atoms with van der Waals surface area (Å²) in [4.78, 5) is 0. The van der Waals surface area contributed by atoms with Crippen LogP contribution >= 0.6 is 11.6 Å². The molecular weight excluding hydrogens is 210 g/mol. The van der Waals surface area contributed by atoms with Crippen molar-refractivity contribution in [3.05, 3.63) is 28.9 Å². The first-order valence-corrected chi connectivity index (χ1v) is 5.25. The zero-order valence-electron chi connectivity index (χ0n) is 8.63. The van der Waals surface area contributed by atoms with Gasteiger partial charge < -0.3 is 16.0 Å². The van der Waals surface area contributed by atoms with Gasteiger partial charge >= 0.3 is 0 Å². The van der Waals surface area contributed by atoms with E-state index in [0.29, 0.717) is 6.54 Å². The van der Waals surface area contributed by atoms with Crippen LogP contribution < -0.4 is 11.5 Å². The van der Waals surface area contributed by atoms with E-state index in [1.54, 1.807) is 0 Å². The number of benzene rings is 1. The van der Waals surface area contributed by atoms with Crippen molar-refractivity contribution in [1.29, 1.82) is 0 Å². The molecule has 80 valence electrons. The van der Waals surface area contributed by atoms with Gasteiger partial charge in [-0.3, -0.25) is 0 Å². The summed E-state index contributed by atoms with van der Waals surface area (Å²) in [5, 5.41) is 1.83. The Balaban J connectivity index is 2.73. The Morgan fingerprint density at radius 1 is 1.40 bits per heavy atom. The second kappa shape index (κ2) is 3.76. The first kappa shape index (κ1) is 10.3. The molecule has 1 heterocycles. The molecule has 0 atom stereocenters. The standard InChI is InChI=1S/C11H14ClN3/c1-15-9(4-5-13)11(12)8-3-2-7(14)6-10(8)15/h2-3,6H,4-5,13-14H2,1H3. The van der Waals surface area contributed by atoms with Gasteiger partial charge in [0.25, 0.3) is 0 Å². The van der Waals surface area contributed by atoms with E-state index in [1.807, 2.05) is 25.2 Å². The third-order valence-electron chi connectivity index (χ3n) is 2.66. The highest BCUT2D eigenvalue weighted by Gasteiger charge is 2.12. The molecule has 0 aliphatic heterocycles. The van der Waals surface area contributed by atoms with Crippen molar-refractivity contribution < 1.29 is 0 Å². The van der Waals surface area contributed by atoms with Crippen molar-refractivity contribution in [3.63, 3.8) is 0 Å². The summed E-state index contributed by atoms with van der Waals surface area (Å²) in [6, 6.07) is 5.74. The first-order chi connectivity index (χ1) is 7.15. The SMILES string of the molecule is Cn1c(CCN)c(Cl)c2ccc(N)cc21. The molecule has 0 bridgehead atoms. The molecule has 2 rings (SSSR count). The normalized spacial score (nSPS) is 11.1. The van der Waals surface area contributed by atoms with E-state index < -0.39 is 0 Å². The molecule has 0 radical (unpaired) electrons. The average Bonchev–Trinajstić information content (AvgIpc) is 2.44. The lowest BCUT2D eigenvalue weighted by Gasteiger charge is -2.02. The molecule has 1 aromatic carbocycles. The predicted molar refractivity (Wildman–Crippen MR) is 65.1 cm³/mol. The number of aromatic nitrogens is 1. The number of nitrogens with zero attached hydrogens (tertiary/aromatic N) is 1. The van der Waals surface area contributed by atoms with Crippen molar-refractivity contribution in [2.75, 3.05) is 12.3 Å². The minimum absolute atomic E-state index is 0.597. The minimum atomic E-state index is 0.597. The van der Waals surface area contributed by atoms with Crippen LogP contribution in [0.1, 0.15) is 5.69 Å². The highest BCUT2D eigenvalue weighted by molar-refractivity contribution is 6.36. The number of halogens is 1. The number of nitrogens with two attached hydrogens (primary N) is 2. The summed E-state index contributed by atoms with van der Waals surface area (Å²) in [5.74, 6) is 0. The van der Waals surface area contributed by atoms with Crippen LogP contribution in [0, 0.1) is 0 Å². The van der Waals surface area contributed by atoms with E-state index in [9.17, 15) is 0 Å². The molecule has 0 fully saturated rings. The van der Waals surface area contributed by atoms with E-state index in [1.165, 1.54) is 0 Å². The largest absolute Gasteiger partial charge is 0.399 e. The topological polar surface area (TPSA) is 57.0 Å². The van der Waals surface area contributed by atoms with Crippen LogP contribution in [0.4, 0.5) is 5.69 Å². The smallest absolute Gasteiger partial charge is 0.0694 e. The Morgan fingerprint density at radius 2 is 2.13 bits per heavy atom. The maximum absolute atomic E-state index is 6.28. The Labute approximate surface area is 93.6 Å². The van der Waals surface area contributed by atoms with Crippen molar-refractivity contribution >= 4 is 28.2 Å². The van der Waals surface area contributed by atoms with Crippen LogP contribution in [0.3, 0.4) is 0 Å². The van der Waals surface area contributed by atoms with Gasteiger partial charge in [-0.15, -0.1) is 0 Å². The molecule has 0 spiro atoms. The van der Waals surface area contributed by atoms with Gasteiger partial charge in [0, 0.05) is 30.2 Å². The minimum Gasteiger partial charge on any atom is -0.399 e. The molecule has 0 saturated carbocycles. The van der Waals surface area contributed by atoms with Crippen LogP contribution in [0.5, 0.6) is 0 Å². The monoisotopic (exact) mass is 223 g/mol. The fourth-order valence-corrected chi connectivity index (χ4v) is 2.26. The van der Waals surface area contributed by atoms with E-state index in [2.05, 4.69) is 4.57 Å². The van der Waals surface area contributed by atoms with Gasteiger partial charge in [-0.05, 0) is 24.7 Å². The van der Waals surface area contributed by atoms with Crippen molar-refractivity contribution in [2.24, 2.45) is 12.8 Å². The van der Waals surface area contributed by atoms with Crippen LogP contribution in [0.15, 0.2) is 18.2 Å². The second-order valence-electron chi connectivity index (χ2n) is 3.63.